The van der Waals surface area contributed by atoms with Crippen molar-refractivity contribution in [1.29, 1.82) is 0 Å². The summed E-state index contributed by atoms with van der Waals surface area (Å²) in [5.41, 5.74) is 3.10. The van der Waals surface area contributed by atoms with Gasteiger partial charge in [0.2, 0.25) is 0 Å². The van der Waals surface area contributed by atoms with Gasteiger partial charge in [-0.05, 0) is 23.1 Å². The van der Waals surface area contributed by atoms with Crippen LogP contribution in [0.3, 0.4) is 0 Å². The first-order valence-electron chi connectivity index (χ1n) is 10.0. The van der Waals surface area contributed by atoms with E-state index in [2.05, 4.69) is 15.9 Å². The average Bonchev–Trinajstić information content (AvgIpc) is 2.82. The van der Waals surface area contributed by atoms with E-state index < -0.39 is 9.05 Å². The summed E-state index contributed by atoms with van der Waals surface area (Å²) in [4.78, 5) is 0. The van der Waals surface area contributed by atoms with E-state index in [1.165, 1.54) is 0 Å². The van der Waals surface area contributed by atoms with Crippen LogP contribution in [0.4, 0.5) is 0 Å². The van der Waals surface area contributed by atoms with Gasteiger partial charge in [0.05, 0.1) is 19.8 Å². The van der Waals surface area contributed by atoms with Gasteiger partial charge in [0.25, 0.3) is 0 Å². The fourth-order valence-electron chi connectivity index (χ4n) is 2.70. The smallest absolute Gasteiger partial charge is 0.347 e. The lowest BCUT2D eigenvalue weighted by atomic mass is 10.2. The summed E-state index contributed by atoms with van der Waals surface area (Å²) >= 11 is 3.56. The van der Waals surface area contributed by atoms with Crippen molar-refractivity contribution in [1.82, 2.24) is 0 Å². The second-order valence-electron chi connectivity index (χ2n) is 6.76. The Morgan fingerprint density at radius 2 is 0.967 bits per heavy atom. The third-order valence-electron chi connectivity index (χ3n) is 4.37. The molecule has 0 aliphatic heterocycles. The van der Waals surface area contributed by atoms with Crippen molar-refractivity contribution in [2.45, 2.75) is 38.2 Å². The molecule has 0 bridgehead atoms. The standard InChI is InChI=1S/C24H27BrO4Si/c1-2-24(25)29-30(26-18-21-12-6-3-7-13-21,27-19-22-14-8-4-9-15-22)28-20-23-16-10-5-11-17-23/h3-17,24H,2,18-20H2,1H3. The third kappa shape index (κ3) is 7.47. The molecule has 1 unspecified atom stereocenters. The first-order valence-corrected chi connectivity index (χ1v) is 12.6. The van der Waals surface area contributed by atoms with E-state index in [0.29, 0.717) is 19.8 Å². The molecule has 0 saturated carbocycles. The van der Waals surface area contributed by atoms with E-state index in [1.807, 2.05) is 97.9 Å². The fourth-order valence-corrected chi connectivity index (χ4v) is 5.36. The van der Waals surface area contributed by atoms with Gasteiger partial charge < -0.3 is 17.7 Å². The maximum atomic E-state index is 6.27. The Morgan fingerprint density at radius 1 is 0.633 bits per heavy atom. The second kappa shape index (κ2) is 12.1. The Labute approximate surface area is 188 Å². The highest BCUT2D eigenvalue weighted by atomic mass is 79.9. The van der Waals surface area contributed by atoms with Crippen molar-refractivity contribution >= 4 is 25.0 Å². The molecule has 0 aliphatic carbocycles. The molecule has 4 nitrogen and oxygen atoms in total. The molecule has 0 aromatic heterocycles. The van der Waals surface area contributed by atoms with E-state index in [0.717, 1.165) is 23.1 Å². The van der Waals surface area contributed by atoms with Crippen LogP contribution in [0.25, 0.3) is 0 Å². The molecule has 0 radical (unpaired) electrons. The van der Waals surface area contributed by atoms with Crippen LogP contribution >= 0.6 is 15.9 Å². The van der Waals surface area contributed by atoms with Crippen LogP contribution in [-0.2, 0) is 37.5 Å². The van der Waals surface area contributed by atoms with Crippen LogP contribution in [0.5, 0.6) is 0 Å². The molecule has 0 fully saturated rings. The highest BCUT2D eigenvalue weighted by Gasteiger charge is 2.48. The minimum Gasteiger partial charge on any atom is -0.347 e. The number of halogens is 1. The van der Waals surface area contributed by atoms with Crippen molar-refractivity contribution < 1.29 is 17.7 Å². The van der Waals surface area contributed by atoms with Crippen molar-refractivity contribution in [3.05, 3.63) is 108 Å². The molecule has 0 amide bonds. The molecule has 6 heteroatoms. The Morgan fingerprint density at radius 3 is 1.27 bits per heavy atom. The monoisotopic (exact) mass is 486 g/mol. The van der Waals surface area contributed by atoms with E-state index in [9.17, 15) is 0 Å². The van der Waals surface area contributed by atoms with Gasteiger partial charge in [0, 0.05) is 0 Å². The lowest BCUT2D eigenvalue weighted by Gasteiger charge is -2.30. The van der Waals surface area contributed by atoms with E-state index in [-0.39, 0.29) is 5.01 Å². The average molecular weight is 487 g/mol. The van der Waals surface area contributed by atoms with Crippen LogP contribution in [0.1, 0.15) is 30.0 Å². The molecule has 158 valence electrons. The maximum Gasteiger partial charge on any atom is 0.681 e. The van der Waals surface area contributed by atoms with Crippen molar-refractivity contribution in [2.24, 2.45) is 0 Å². The van der Waals surface area contributed by atoms with Crippen molar-refractivity contribution in [3.8, 4) is 0 Å². The number of rotatable bonds is 12. The Kier molecular flexibility index (Phi) is 9.26. The predicted octanol–water partition coefficient (Wildman–Crippen LogP) is 6.22. The van der Waals surface area contributed by atoms with Gasteiger partial charge >= 0.3 is 9.05 Å². The molecule has 30 heavy (non-hydrogen) atoms. The minimum absolute atomic E-state index is 0.230. The highest BCUT2D eigenvalue weighted by molar-refractivity contribution is 9.09. The molecule has 1 atom stereocenters. The molecule has 3 aromatic rings. The largest absolute Gasteiger partial charge is 0.681 e. The van der Waals surface area contributed by atoms with Gasteiger partial charge in [-0.25, -0.2) is 0 Å². The second-order valence-corrected chi connectivity index (χ2v) is 9.88. The molecular weight excluding hydrogens is 460 g/mol. The van der Waals surface area contributed by atoms with Gasteiger partial charge in [-0.2, -0.15) is 0 Å². The SMILES string of the molecule is CCC(Br)O[Si](OCc1ccccc1)(OCc1ccccc1)OCc1ccccc1. The van der Waals surface area contributed by atoms with Gasteiger partial charge in [-0.15, -0.1) is 0 Å². The molecular formula is C24H27BrO4Si. The van der Waals surface area contributed by atoms with E-state index in [1.54, 1.807) is 0 Å². The summed E-state index contributed by atoms with van der Waals surface area (Å²) in [7, 11) is -3.47. The quantitative estimate of drug-likeness (QED) is 0.225. The number of hydrogen-bond acceptors (Lipinski definition) is 4. The third-order valence-corrected chi connectivity index (χ3v) is 7.61. The topological polar surface area (TPSA) is 36.9 Å². The van der Waals surface area contributed by atoms with Crippen molar-refractivity contribution in [3.63, 3.8) is 0 Å². The molecule has 0 spiro atoms. The van der Waals surface area contributed by atoms with E-state index >= 15 is 0 Å². The first-order chi connectivity index (χ1) is 14.7. The van der Waals surface area contributed by atoms with Gasteiger partial charge in [-0.3, -0.25) is 0 Å². The van der Waals surface area contributed by atoms with Crippen LogP contribution < -0.4 is 0 Å². The van der Waals surface area contributed by atoms with Crippen LogP contribution in [-0.4, -0.2) is 14.1 Å². The lowest BCUT2D eigenvalue weighted by molar-refractivity contribution is -0.0525. The molecule has 0 N–H and O–H groups in total. The lowest BCUT2D eigenvalue weighted by Crippen LogP contribution is -2.50. The summed E-state index contributed by atoms with van der Waals surface area (Å²) in [6.45, 7) is 3.07. The Bertz CT molecular complexity index is 743. The van der Waals surface area contributed by atoms with Crippen molar-refractivity contribution in [2.75, 3.05) is 0 Å². The zero-order valence-corrected chi connectivity index (χ0v) is 19.7. The Hall–Kier alpha value is -1.80. The van der Waals surface area contributed by atoms with Crippen LogP contribution in [0, 0.1) is 0 Å². The minimum atomic E-state index is -3.47. The Balaban J connectivity index is 1.79. The molecule has 3 aromatic carbocycles. The number of hydrogen-bond donors (Lipinski definition) is 0. The molecule has 0 heterocycles. The summed E-state index contributed by atoms with van der Waals surface area (Å²) in [5.74, 6) is 0. The van der Waals surface area contributed by atoms with E-state index in [4.69, 9.17) is 17.7 Å². The highest BCUT2D eigenvalue weighted by Crippen LogP contribution is 2.24. The molecule has 3 rings (SSSR count). The summed E-state index contributed by atoms with van der Waals surface area (Å²) in [6.07, 6.45) is 0.757. The van der Waals surface area contributed by atoms with Crippen LogP contribution in [0.2, 0.25) is 0 Å². The van der Waals surface area contributed by atoms with Gasteiger partial charge in [-0.1, -0.05) is 114 Å². The maximum absolute atomic E-state index is 6.27. The fraction of sp³-hybridized carbons (Fsp3) is 0.250. The summed E-state index contributed by atoms with van der Waals surface area (Å²) in [6, 6.07) is 29.9. The summed E-state index contributed by atoms with van der Waals surface area (Å²) < 4.78 is 25.1. The normalized spacial score (nSPS) is 12.6. The molecule has 0 aliphatic rings. The van der Waals surface area contributed by atoms with Gasteiger partial charge in [0.1, 0.15) is 5.01 Å². The first kappa shape index (κ1) is 22.9. The van der Waals surface area contributed by atoms with Gasteiger partial charge in [0.15, 0.2) is 0 Å². The summed E-state index contributed by atoms with van der Waals surface area (Å²) in [5, 5.41) is -0.230. The number of benzene rings is 3. The van der Waals surface area contributed by atoms with Crippen LogP contribution in [0.15, 0.2) is 91.0 Å². The zero-order valence-electron chi connectivity index (χ0n) is 17.1. The predicted molar refractivity (Wildman–Crippen MR) is 124 cm³/mol. The number of alkyl halides is 1. The zero-order chi connectivity index (χ0) is 21.1. The molecule has 0 saturated heterocycles.